The average Bonchev–Trinajstić information content (AvgIpc) is 2.53. The van der Waals surface area contributed by atoms with Crippen molar-refractivity contribution in [2.75, 3.05) is 6.54 Å². The number of hydrogen-bond donors (Lipinski definition) is 2. The molecule has 0 aromatic carbocycles. The maximum Gasteiger partial charge on any atom is 0.0555 e. The monoisotopic (exact) mass is 185 g/mol. The third kappa shape index (κ3) is 3.34. The molecular formula is C9H15NOS. The highest BCUT2D eigenvalue weighted by molar-refractivity contribution is 7.07. The van der Waals surface area contributed by atoms with Crippen LogP contribution >= 0.6 is 11.3 Å². The average molecular weight is 185 g/mol. The number of aryl methyl sites for hydroxylation is 1. The van der Waals surface area contributed by atoms with Gasteiger partial charge in [-0.1, -0.05) is 0 Å². The van der Waals surface area contributed by atoms with Crippen molar-refractivity contribution in [3.8, 4) is 0 Å². The third-order valence-electron chi connectivity index (χ3n) is 1.85. The SMILES string of the molecule is NCCC(O)CCc1ccsc1. The Morgan fingerprint density at radius 2 is 2.33 bits per heavy atom. The Morgan fingerprint density at radius 3 is 2.92 bits per heavy atom. The molecule has 0 amide bonds. The van der Waals surface area contributed by atoms with Gasteiger partial charge in [-0.2, -0.15) is 11.3 Å². The van der Waals surface area contributed by atoms with E-state index in [0.29, 0.717) is 13.0 Å². The molecule has 1 heterocycles. The highest BCUT2D eigenvalue weighted by Gasteiger charge is 2.02. The first-order valence-electron chi connectivity index (χ1n) is 4.22. The zero-order chi connectivity index (χ0) is 8.81. The number of thiophene rings is 1. The van der Waals surface area contributed by atoms with E-state index in [1.807, 2.05) is 0 Å². The minimum atomic E-state index is -0.227. The molecule has 0 spiro atoms. The molecule has 1 atom stereocenters. The van der Waals surface area contributed by atoms with Crippen molar-refractivity contribution in [3.05, 3.63) is 22.4 Å². The maximum absolute atomic E-state index is 9.37. The second-order valence-electron chi connectivity index (χ2n) is 2.90. The van der Waals surface area contributed by atoms with Crippen molar-refractivity contribution in [2.24, 2.45) is 5.73 Å². The van der Waals surface area contributed by atoms with Gasteiger partial charge in [-0.05, 0) is 48.2 Å². The molecule has 0 aliphatic rings. The Bertz CT molecular complexity index is 198. The zero-order valence-electron chi connectivity index (χ0n) is 7.07. The standard InChI is InChI=1S/C9H15NOS/c10-5-3-9(11)2-1-8-4-6-12-7-8/h4,6-7,9,11H,1-3,5,10H2. The Kier molecular flexibility index (Phi) is 4.29. The van der Waals surface area contributed by atoms with Crippen molar-refractivity contribution in [1.29, 1.82) is 0 Å². The molecule has 3 heteroatoms. The smallest absolute Gasteiger partial charge is 0.0555 e. The van der Waals surface area contributed by atoms with Crippen molar-refractivity contribution in [2.45, 2.75) is 25.4 Å². The summed E-state index contributed by atoms with van der Waals surface area (Å²) in [5, 5.41) is 13.6. The highest BCUT2D eigenvalue weighted by atomic mass is 32.1. The molecule has 0 bridgehead atoms. The van der Waals surface area contributed by atoms with Gasteiger partial charge in [-0.25, -0.2) is 0 Å². The van der Waals surface area contributed by atoms with Gasteiger partial charge in [0.25, 0.3) is 0 Å². The molecule has 1 unspecified atom stereocenters. The predicted octanol–water partition coefficient (Wildman–Crippen LogP) is 1.39. The highest BCUT2D eigenvalue weighted by Crippen LogP contribution is 2.10. The Labute approximate surface area is 77.0 Å². The molecule has 3 N–H and O–H groups in total. The van der Waals surface area contributed by atoms with Crippen LogP contribution in [-0.4, -0.2) is 17.8 Å². The molecule has 1 aromatic rings. The number of hydrogen-bond acceptors (Lipinski definition) is 3. The van der Waals surface area contributed by atoms with Gasteiger partial charge in [0.05, 0.1) is 6.10 Å². The minimum absolute atomic E-state index is 0.227. The fourth-order valence-electron chi connectivity index (χ4n) is 1.10. The predicted molar refractivity (Wildman–Crippen MR) is 52.3 cm³/mol. The first kappa shape index (κ1) is 9.71. The van der Waals surface area contributed by atoms with Gasteiger partial charge in [0.2, 0.25) is 0 Å². The summed E-state index contributed by atoms with van der Waals surface area (Å²) in [4.78, 5) is 0. The molecule has 1 rings (SSSR count). The van der Waals surface area contributed by atoms with Crippen LogP contribution in [0.5, 0.6) is 0 Å². The van der Waals surface area contributed by atoms with Gasteiger partial charge in [0.15, 0.2) is 0 Å². The molecule has 0 aliphatic carbocycles. The van der Waals surface area contributed by atoms with Gasteiger partial charge in [-0.3, -0.25) is 0 Å². The Morgan fingerprint density at radius 1 is 1.50 bits per heavy atom. The van der Waals surface area contributed by atoms with Crippen molar-refractivity contribution >= 4 is 11.3 Å². The lowest BCUT2D eigenvalue weighted by atomic mass is 10.1. The lowest BCUT2D eigenvalue weighted by Crippen LogP contribution is -2.13. The lowest BCUT2D eigenvalue weighted by molar-refractivity contribution is 0.157. The number of aliphatic hydroxyl groups excluding tert-OH is 1. The van der Waals surface area contributed by atoms with Crippen LogP contribution in [0.3, 0.4) is 0 Å². The van der Waals surface area contributed by atoms with Gasteiger partial charge < -0.3 is 10.8 Å². The van der Waals surface area contributed by atoms with Crippen molar-refractivity contribution in [3.63, 3.8) is 0 Å². The topological polar surface area (TPSA) is 46.2 Å². The van der Waals surface area contributed by atoms with Crippen LogP contribution in [0.4, 0.5) is 0 Å². The van der Waals surface area contributed by atoms with E-state index in [0.717, 1.165) is 12.8 Å². The number of rotatable bonds is 5. The third-order valence-corrected chi connectivity index (χ3v) is 2.58. The van der Waals surface area contributed by atoms with Crippen molar-refractivity contribution in [1.82, 2.24) is 0 Å². The molecule has 0 aliphatic heterocycles. The van der Waals surface area contributed by atoms with Gasteiger partial charge in [-0.15, -0.1) is 0 Å². The van der Waals surface area contributed by atoms with Crippen LogP contribution in [-0.2, 0) is 6.42 Å². The second-order valence-corrected chi connectivity index (χ2v) is 3.68. The van der Waals surface area contributed by atoms with Gasteiger partial charge >= 0.3 is 0 Å². The maximum atomic E-state index is 9.37. The summed E-state index contributed by atoms with van der Waals surface area (Å²) in [5.74, 6) is 0. The van der Waals surface area contributed by atoms with Crippen LogP contribution in [0.15, 0.2) is 16.8 Å². The molecule has 0 saturated carbocycles. The summed E-state index contributed by atoms with van der Waals surface area (Å²) >= 11 is 1.70. The van der Waals surface area contributed by atoms with Crippen LogP contribution in [0, 0.1) is 0 Å². The minimum Gasteiger partial charge on any atom is -0.393 e. The molecular weight excluding hydrogens is 170 g/mol. The second kappa shape index (κ2) is 5.30. The van der Waals surface area contributed by atoms with E-state index in [4.69, 9.17) is 5.73 Å². The summed E-state index contributed by atoms with van der Waals surface area (Å²) in [6, 6.07) is 2.10. The molecule has 12 heavy (non-hydrogen) atoms. The molecule has 0 fully saturated rings. The summed E-state index contributed by atoms with van der Waals surface area (Å²) in [7, 11) is 0. The van der Waals surface area contributed by atoms with Crippen molar-refractivity contribution < 1.29 is 5.11 Å². The van der Waals surface area contributed by atoms with E-state index in [2.05, 4.69) is 16.8 Å². The summed E-state index contributed by atoms with van der Waals surface area (Å²) in [6.07, 6.45) is 2.28. The first-order chi connectivity index (χ1) is 5.83. The lowest BCUT2D eigenvalue weighted by Gasteiger charge is -2.06. The zero-order valence-corrected chi connectivity index (χ0v) is 7.89. The van der Waals surface area contributed by atoms with Crippen LogP contribution < -0.4 is 5.73 Å². The largest absolute Gasteiger partial charge is 0.393 e. The van der Waals surface area contributed by atoms with Gasteiger partial charge in [0.1, 0.15) is 0 Å². The Balaban J connectivity index is 2.17. The van der Waals surface area contributed by atoms with E-state index in [-0.39, 0.29) is 6.10 Å². The normalized spacial score (nSPS) is 13.2. The number of aliphatic hydroxyl groups is 1. The molecule has 68 valence electrons. The summed E-state index contributed by atoms with van der Waals surface area (Å²) < 4.78 is 0. The molecule has 0 radical (unpaired) electrons. The molecule has 2 nitrogen and oxygen atoms in total. The number of nitrogens with two attached hydrogens (primary N) is 1. The summed E-state index contributed by atoms with van der Waals surface area (Å²) in [6.45, 7) is 0.574. The fraction of sp³-hybridized carbons (Fsp3) is 0.556. The van der Waals surface area contributed by atoms with E-state index in [9.17, 15) is 5.11 Å². The molecule has 0 saturated heterocycles. The van der Waals surface area contributed by atoms with E-state index in [1.165, 1.54) is 5.56 Å². The van der Waals surface area contributed by atoms with Gasteiger partial charge in [0, 0.05) is 0 Å². The Hall–Kier alpha value is -0.380. The van der Waals surface area contributed by atoms with E-state index < -0.39 is 0 Å². The fourth-order valence-corrected chi connectivity index (χ4v) is 1.81. The van der Waals surface area contributed by atoms with E-state index >= 15 is 0 Å². The molecule has 1 aromatic heterocycles. The van der Waals surface area contributed by atoms with E-state index in [1.54, 1.807) is 11.3 Å². The quantitative estimate of drug-likeness (QED) is 0.728. The van der Waals surface area contributed by atoms with Crippen LogP contribution in [0.1, 0.15) is 18.4 Å². The first-order valence-corrected chi connectivity index (χ1v) is 5.16. The van der Waals surface area contributed by atoms with Crippen LogP contribution in [0.25, 0.3) is 0 Å². The summed E-state index contributed by atoms with van der Waals surface area (Å²) in [5.41, 5.74) is 6.64. The van der Waals surface area contributed by atoms with Crippen LogP contribution in [0.2, 0.25) is 0 Å².